The van der Waals surface area contributed by atoms with E-state index < -0.39 is 0 Å². The smallest absolute Gasteiger partial charge is 0.137 e. The monoisotopic (exact) mass is 270 g/mol. The van der Waals surface area contributed by atoms with Gasteiger partial charge >= 0.3 is 0 Å². The van der Waals surface area contributed by atoms with Crippen molar-refractivity contribution in [1.82, 2.24) is 10.2 Å². The second-order valence-corrected chi connectivity index (χ2v) is 5.10. The zero-order chi connectivity index (χ0) is 11.5. The summed E-state index contributed by atoms with van der Waals surface area (Å²) < 4.78 is 0. The molecule has 0 fully saturated rings. The van der Waals surface area contributed by atoms with Gasteiger partial charge in [-0.25, -0.2) is 0 Å². The largest absolute Gasteiger partial charge is 0.165 e. The first-order valence-electron chi connectivity index (χ1n) is 4.58. The van der Waals surface area contributed by atoms with E-state index in [9.17, 15) is 0 Å². The summed E-state index contributed by atoms with van der Waals surface area (Å²) in [5.74, 6) is 0. The van der Waals surface area contributed by atoms with Gasteiger partial charge in [-0.1, -0.05) is 52.7 Å². The molecule has 0 saturated heterocycles. The number of hydrogen-bond acceptors (Lipinski definition) is 3. The first kappa shape index (κ1) is 11.7. The minimum absolute atomic E-state index is 0.347. The van der Waals surface area contributed by atoms with Gasteiger partial charge in [-0.3, -0.25) is 0 Å². The van der Waals surface area contributed by atoms with Crippen molar-refractivity contribution in [1.29, 1.82) is 0 Å². The summed E-state index contributed by atoms with van der Waals surface area (Å²) >= 11 is 13.2. The molecule has 0 N–H and O–H groups in total. The number of aromatic nitrogens is 2. The average molecular weight is 271 g/mol. The van der Waals surface area contributed by atoms with Crippen LogP contribution in [0.3, 0.4) is 0 Å². The second kappa shape index (κ2) is 5.04. The highest BCUT2D eigenvalue weighted by Crippen LogP contribution is 2.33. The summed E-state index contributed by atoms with van der Waals surface area (Å²) in [5, 5.41) is 8.15. The molecule has 5 heteroatoms. The number of hydrogen-bond donors (Lipinski definition) is 0. The van der Waals surface area contributed by atoms with Gasteiger partial charge < -0.3 is 0 Å². The van der Waals surface area contributed by atoms with E-state index in [-0.39, 0.29) is 0 Å². The maximum absolute atomic E-state index is 5.93. The van der Waals surface area contributed by atoms with Crippen molar-refractivity contribution in [2.75, 3.05) is 0 Å². The van der Waals surface area contributed by atoms with Crippen molar-refractivity contribution in [3.63, 3.8) is 0 Å². The molecule has 0 aliphatic carbocycles. The predicted octanol–water partition coefficient (Wildman–Crippen LogP) is 4.24. The highest BCUT2D eigenvalue weighted by molar-refractivity contribution is 7.99. The van der Waals surface area contributed by atoms with Crippen molar-refractivity contribution in [3.8, 4) is 0 Å². The molecule has 0 radical (unpaired) electrons. The van der Waals surface area contributed by atoms with Crippen molar-refractivity contribution in [3.05, 3.63) is 46.2 Å². The molecule has 0 aliphatic heterocycles. The zero-order valence-electron chi connectivity index (χ0n) is 8.45. The third kappa shape index (κ3) is 2.88. The standard InChI is InChI=1S/C11H8Cl2N2S/c1-7-3-2-4-8(5-7)16-9-6-10(12)14-15-11(9)13/h2-6H,1H3. The highest BCUT2D eigenvalue weighted by Gasteiger charge is 2.06. The van der Waals surface area contributed by atoms with Gasteiger partial charge in [-0.05, 0) is 25.1 Å². The molecular weight excluding hydrogens is 263 g/mol. The van der Waals surface area contributed by atoms with Crippen LogP contribution < -0.4 is 0 Å². The molecule has 0 bridgehead atoms. The van der Waals surface area contributed by atoms with Crippen LogP contribution in [0, 0.1) is 6.92 Å². The topological polar surface area (TPSA) is 25.8 Å². The van der Waals surface area contributed by atoms with E-state index in [0.717, 1.165) is 9.79 Å². The molecule has 1 aromatic carbocycles. The Labute approximate surface area is 108 Å². The summed E-state index contributed by atoms with van der Waals surface area (Å²) in [7, 11) is 0. The fourth-order valence-electron chi connectivity index (χ4n) is 1.21. The first-order chi connectivity index (χ1) is 7.65. The van der Waals surface area contributed by atoms with Crippen molar-refractivity contribution < 1.29 is 0 Å². The molecule has 1 heterocycles. The van der Waals surface area contributed by atoms with Crippen LogP contribution >= 0.6 is 35.0 Å². The maximum atomic E-state index is 5.93. The first-order valence-corrected chi connectivity index (χ1v) is 6.15. The fourth-order valence-corrected chi connectivity index (χ4v) is 2.58. The quantitative estimate of drug-likeness (QED) is 0.816. The third-order valence-corrected chi connectivity index (χ3v) is 3.50. The van der Waals surface area contributed by atoms with Crippen LogP contribution in [0.4, 0.5) is 0 Å². The van der Waals surface area contributed by atoms with Gasteiger partial charge in [0, 0.05) is 4.90 Å². The van der Waals surface area contributed by atoms with E-state index in [2.05, 4.69) is 16.3 Å². The number of aryl methyl sites for hydroxylation is 1. The Morgan fingerprint density at radius 1 is 1.12 bits per heavy atom. The van der Waals surface area contributed by atoms with Gasteiger partial charge in [-0.2, -0.15) is 0 Å². The van der Waals surface area contributed by atoms with E-state index in [1.165, 1.54) is 17.3 Å². The summed E-state index contributed by atoms with van der Waals surface area (Å²) in [6.07, 6.45) is 0. The lowest BCUT2D eigenvalue weighted by Crippen LogP contribution is -1.86. The van der Waals surface area contributed by atoms with Crippen LogP contribution in [-0.2, 0) is 0 Å². The van der Waals surface area contributed by atoms with E-state index in [0.29, 0.717) is 10.3 Å². The summed E-state index contributed by atoms with van der Waals surface area (Å²) in [6.45, 7) is 2.05. The van der Waals surface area contributed by atoms with Crippen molar-refractivity contribution in [2.24, 2.45) is 0 Å². The van der Waals surface area contributed by atoms with Crippen LogP contribution in [0.15, 0.2) is 40.1 Å². The number of rotatable bonds is 2. The Morgan fingerprint density at radius 3 is 2.69 bits per heavy atom. The molecule has 0 aliphatic rings. The molecule has 2 nitrogen and oxygen atoms in total. The van der Waals surface area contributed by atoms with Gasteiger partial charge in [-0.15, -0.1) is 10.2 Å². The molecule has 82 valence electrons. The normalized spacial score (nSPS) is 10.4. The molecule has 1 aromatic heterocycles. The summed E-state index contributed by atoms with van der Waals surface area (Å²) in [6, 6.07) is 9.85. The molecule has 16 heavy (non-hydrogen) atoms. The molecule has 0 spiro atoms. The Hall–Kier alpha value is -0.770. The average Bonchev–Trinajstić information content (AvgIpc) is 2.24. The Morgan fingerprint density at radius 2 is 1.94 bits per heavy atom. The molecular formula is C11H8Cl2N2S. The van der Waals surface area contributed by atoms with Gasteiger partial charge in [0.25, 0.3) is 0 Å². The lowest BCUT2D eigenvalue weighted by atomic mass is 10.2. The van der Waals surface area contributed by atoms with Crippen LogP contribution in [-0.4, -0.2) is 10.2 Å². The Kier molecular flexibility index (Phi) is 3.69. The van der Waals surface area contributed by atoms with Crippen LogP contribution in [0.1, 0.15) is 5.56 Å². The van der Waals surface area contributed by atoms with Gasteiger partial charge in [0.1, 0.15) is 0 Å². The third-order valence-electron chi connectivity index (χ3n) is 1.90. The predicted molar refractivity (Wildman–Crippen MR) is 67.4 cm³/mol. The molecule has 0 unspecified atom stereocenters. The molecule has 0 saturated carbocycles. The van der Waals surface area contributed by atoms with E-state index >= 15 is 0 Å². The summed E-state index contributed by atoms with van der Waals surface area (Å²) in [5.41, 5.74) is 1.20. The van der Waals surface area contributed by atoms with Crippen LogP contribution in [0.2, 0.25) is 10.3 Å². The van der Waals surface area contributed by atoms with E-state index in [4.69, 9.17) is 23.2 Å². The minimum Gasteiger partial charge on any atom is -0.137 e. The van der Waals surface area contributed by atoms with Gasteiger partial charge in [0.05, 0.1) is 4.90 Å². The lowest BCUT2D eigenvalue weighted by Gasteiger charge is -2.03. The number of halogens is 2. The minimum atomic E-state index is 0.347. The zero-order valence-corrected chi connectivity index (χ0v) is 10.8. The number of nitrogens with zero attached hydrogens (tertiary/aromatic N) is 2. The Bertz CT molecular complexity index is 517. The Balaban J connectivity index is 2.30. The van der Waals surface area contributed by atoms with E-state index in [1.54, 1.807) is 6.07 Å². The number of benzene rings is 1. The molecule has 0 atom stereocenters. The molecule has 2 aromatic rings. The lowest BCUT2D eigenvalue weighted by molar-refractivity contribution is 0.998. The van der Waals surface area contributed by atoms with Crippen molar-refractivity contribution >= 4 is 35.0 Å². The van der Waals surface area contributed by atoms with Crippen molar-refractivity contribution in [2.45, 2.75) is 16.7 Å². The fraction of sp³-hybridized carbons (Fsp3) is 0.0909. The van der Waals surface area contributed by atoms with Crippen LogP contribution in [0.5, 0.6) is 0 Å². The summed E-state index contributed by atoms with van der Waals surface area (Å²) in [4.78, 5) is 1.92. The van der Waals surface area contributed by atoms with Gasteiger partial charge in [0.15, 0.2) is 10.3 Å². The maximum Gasteiger partial charge on any atom is 0.165 e. The highest BCUT2D eigenvalue weighted by atomic mass is 35.5. The van der Waals surface area contributed by atoms with E-state index in [1.807, 2.05) is 25.1 Å². The SMILES string of the molecule is Cc1cccc(Sc2cc(Cl)nnc2Cl)c1. The van der Waals surface area contributed by atoms with Crippen LogP contribution in [0.25, 0.3) is 0 Å². The second-order valence-electron chi connectivity index (χ2n) is 3.24. The molecule has 2 rings (SSSR count). The molecule has 0 amide bonds. The van der Waals surface area contributed by atoms with Gasteiger partial charge in [0.2, 0.25) is 0 Å².